The van der Waals surface area contributed by atoms with E-state index in [2.05, 4.69) is 10.1 Å². The lowest BCUT2D eigenvalue weighted by atomic mass is 9.90. The maximum absolute atomic E-state index is 11.2. The molecule has 0 bridgehead atoms. The zero-order valence-corrected chi connectivity index (χ0v) is 17.7. The van der Waals surface area contributed by atoms with E-state index in [9.17, 15) is 5.11 Å². The number of aliphatic hydroxyl groups excluding tert-OH is 1. The Morgan fingerprint density at radius 1 is 1.07 bits per heavy atom. The van der Waals surface area contributed by atoms with Crippen molar-refractivity contribution in [3.63, 3.8) is 0 Å². The lowest BCUT2D eigenvalue weighted by Gasteiger charge is -2.36. The van der Waals surface area contributed by atoms with E-state index in [0.29, 0.717) is 27.2 Å². The zero-order valence-electron chi connectivity index (χ0n) is 15.4. The molecule has 1 aromatic heterocycles. The van der Waals surface area contributed by atoms with Gasteiger partial charge in [0.25, 0.3) is 0 Å². The van der Waals surface area contributed by atoms with Gasteiger partial charge in [-0.1, -0.05) is 46.9 Å². The SMILES string of the molecule is CC(C)(Oc1ccc(Cl)cc1Cl)C(O)C(Cc1ccc(Cl)cc1)n1cncn1. The van der Waals surface area contributed by atoms with Crippen molar-refractivity contribution in [1.82, 2.24) is 14.8 Å². The molecule has 3 aromatic rings. The maximum atomic E-state index is 11.2. The normalized spacial score (nSPS) is 13.9. The van der Waals surface area contributed by atoms with Crippen LogP contribution in [0.5, 0.6) is 5.75 Å². The second kappa shape index (κ2) is 8.70. The van der Waals surface area contributed by atoms with E-state index in [0.717, 1.165) is 5.56 Å². The van der Waals surface area contributed by atoms with Crippen LogP contribution < -0.4 is 4.74 Å². The van der Waals surface area contributed by atoms with Crippen LogP contribution in [0.2, 0.25) is 15.1 Å². The molecule has 0 amide bonds. The molecule has 1 heterocycles. The molecule has 148 valence electrons. The van der Waals surface area contributed by atoms with E-state index in [1.54, 1.807) is 43.1 Å². The van der Waals surface area contributed by atoms with Gasteiger partial charge in [-0.3, -0.25) is 0 Å². The topological polar surface area (TPSA) is 60.2 Å². The van der Waals surface area contributed by atoms with Crippen molar-refractivity contribution in [2.24, 2.45) is 0 Å². The quantitative estimate of drug-likeness (QED) is 0.546. The minimum atomic E-state index is -0.972. The molecule has 0 spiro atoms. The molecule has 8 heteroatoms. The molecule has 0 aliphatic heterocycles. The van der Waals surface area contributed by atoms with E-state index in [1.165, 1.54) is 6.33 Å². The molecule has 2 aromatic carbocycles. The van der Waals surface area contributed by atoms with E-state index < -0.39 is 17.7 Å². The molecule has 0 saturated heterocycles. The molecule has 5 nitrogen and oxygen atoms in total. The molecular weight excluding hydrogens is 421 g/mol. The third kappa shape index (κ3) is 4.97. The van der Waals surface area contributed by atoms with Crippen LogP contribution in [0, 0.1) is 0 Å². The smallest absolute Gasteiger partial charge is 0.138 e. The van der Waals surface area contributed by atoms with Crippen LogP contribution in [0.15, 0.2) is 55.1 Å². The predicted octanol–water partition coefficient (Wildman–Crippen LogP) is 5.24. The van der Waals surface area contributed by atoms with Crippen molar-refractivity contribution >= 4 is 34.8 Å². The summed E-state index contributed by atoms with van der Waals surface area (Å²) in [6.07, 6.45) is 2.61. The second-order valence-corrected chi connectivity index (χ2v) is 8.28. The molecular formula is C20H20Cl3N3O2. The number of aromatic nitrogens is 3. The van der Waals surface area contributed by atoms with Gasteiger partial charge in [0.05, 0.1) is 11.1 Å². The highest BCUT2D eigenvalue weighted by Gasteiger charge is 2.38. The van der Waals surface area contributed by atoms with Gasteiger partial charge in [-0.2, -0.15) is 5.10 Å². The number of benzene rings is 2. The standard InChI is InChI=1S/C20H20Cl3N3O2/c1-20(2,28-18-8-7-15(22)10-16(18)23)19(27)17(26-12-24-11-25-26)9-13-3-5-14(21)6-4-13/h3-8,10-12,17,19,27H,9H2,1-2H3. The van der Waals surface area contributed by atoms with Crippen LogP contribution in [-0.4, -0.2) is 31.6 Å². The summed E-state index contributed by atoms with van der Waals surface area (Å²) >= 11 is 18.2. The van der Waals surface area contributed by atoms with Crippen LogP contribution in [0.25, 0.3) is 0 Å². The Morgan fingerprint density at radius 2 is 1.75 bits per heavy atom. The van der Waals surface area contributed by atoms with Crippen LogP contribution >= 0.6 is 34.8 Å². The average molecular weight is 441 g/mol. The van der Waals surface area contributed by atoms with Crippen molar-refractivity contribution < 1.29 is 9.84 Å². The molecule has 0 aliphatic carbocycles. The van der Waals surface area contributed by atoms with Gasteiger partial charge in [-0.05, 0) is 56.2 Å². The minimum absolute atomic E-state index is 0.378. The highest BCUT2D eigenvalue weighted by atomic mass is 35.5. The third-order valence-electron chi connectivity index (χ3n) is 4.48. The highest BCUT2D eigenvalue weighted by molar-refractivity contribution is 6.35. The zero-order chi connectivity index (χ0) is 20.3. The van der Waals surface area contributed by atoms with Gasteiger partial charge in [-0.15, -0.1) is 0 Å². The minimum Gasteiger partial charge on any atom is -0.484 e. The number of nitrogens with zero attached hydrogens (tertiary/aromatic N) is 3. The summed E-state index contributed by atoms with van der Waals surface area (Å²) < 4.78 is 7.69. The molecule has 2 unspecified atom stereocenters. The molecule has 0 aliphatic rings. The Morgan fingerprint density at radius 3 is 2.36 bits per heavy atom. The second-order valence-electron chi connectivity index (χ2n) is 7.00. The molecule has 1 N–H and O–H groups in total. The first-order valence-electron chi connectivity index (χ1n) is 8.67. The number of hydrogen-bond donors (Lipinski definition) is 1. The fourth-order valence-electron chi connectivity index (χ4n) is 2.97. The van der Waals surface area contributed by atoms with Gasteiger partial charge in [0.15, 0.2) is 0 Å². The number of halogens is 3. The maximum Gasteiger partial charge on any atom is 0.138 e. The molecule has 0 fully saturated rings. The van der Waals surface area contributed by atoms with Gasteiger partial charge in [0, 0.05) is 10.0 Å². The summed E-state index contributed by atoms with van der Waals surface area (Å²) in [5.41, 5.74) is 0.0322. The summed E-state index contributed by atoms with van der Waals surface area (Å²) in [5.74, 6) is 0.443. The van der Waals surface area contributed by atoms with Crippen LogP contribution in [-0.2, 0) is 6.42 Å². The first kappa shape index (κ1) is 20.9. The van der Waals surface area contributed by atoms with Crippen LogP contribution in [0.4, 0.5) is 0 Å². The molecule has 0 saturated carbocycles. The average Bonchev–Trinajstić information content (AvgIpc) is 3.17. The number of hydrogen-bond acceptors (Lipinski definition) is 4. The first-order valence-corrected chi connectivity index (χ1v) is 9.80. The van der Waals surface area contributed by atoms with Gasteiger partial charge >= 0.3 is 0 Å². The first-order chi connectivity index (χ1) is 13.3. The lowest BCUT2D eigenvalue weighted by molar-refractivity contribution is -0.0581. The van der Waals surface area contributed by atoms with Gasteiger partial charge < -0.3 is 9.84 Å². The summed E-state index contributed by atoms with van der Waals surface area (Å²) in [4.78, 5) is 4.01. The largest absolute Gasteiger partial charge is 0.484 e. The summed E-state index contributed by atoms with van der Waals surface area (Å²) in [6, 6.07) is 12.0. The van der Waals surface area contributed by atoms with Crippen molar-refractivity contribution in [2.45, 2.75) is 38.0 Å². The number of rotatable bonds is 7. The van der Waals surface area contributed by atoms with Crippen molar-refractivity contribution in [1.29, 1.82) is 0 Å². The molecule has 3 rings (SSSR count). The van der Waals surface area contributed by atoms with Gasteiger partial charge in [0.1, 0.15) is 30.1 Å². The van der Waals surface area contributed by atoms with Crippen molar-refractivity contribution in [3.05, 3.63) is 75.8 Å². The summed E-state index contributed by atoms with van der Waals surface area (Å²) in [5, 5.41) is 17.0. The van der Waals surface area contributed by atoms with Crippen LogP contribution in [0.1, 0.15) is 25.5 Å². The molecule has 0 radical (unpaired) electrons. The van der Waals surface area contributed by atoms with Crippen molar-refractivity contribution in [3.8, 4) is 5.75 Å². The van der Waals surface area contributed by atoms with E-state index in [-0.39, 0.29) is 0 Å². The van der Waals surface area contributed by atoms with E-state index >= 15 is 0 Å². The summed E-state index contributed by atoms with van der Waals surface area (Å²) in [7, 11) is 0. The molecule has 28 heavy (non-hydrogen) atoms. The van der Waals surface area contributed by atoms with E-state index in [4.69, 9.17) is 39.5 Å². The molecule has 2 atom stereocenters. The predicted molar refractivity (Wildman–Crippen MR) is 111 cm³/mol. The van der Waals surface area contributed by atoms with E-state index in [1.807, 2.05) is 24.3 Å². The Bertz CT molecular complexity index is 915. The summed E-state index contributed by atoms with van der Waals surface area (Å²) in [6.45, 7) is 3.60. The number of aliphatic hydroxyl groups is 1. The van der Waals surface area contributed by atoms with Crippen LogP contribution in [0.3, 0.4) is 0 Å². The lowest BCUT2D eigenvalue weighted by Crippen LogP contribution is -2.47. The third-order valence-corrected chi connectivity index (χ3v) is 5.26. The Kier molecular flexibility index (Phi) is 6.50. The Hall–Kier alpha value is -1.79. The fourth-order valence-corrected chi connectivity index (χ4v) is 3.54. The Balaban J connectivity index is 1.86. The Labute approximate surface area is 178 Å². The van der Waals surface area contributed by atoms with Gasteiger partial charge in [0.2, 0.25) is 0 Å². The van der Waals surface area contributed by atoms with Gasteiger partial charge in [-0.25, -0.2) is 9.67 Å². The number of ether oxygens (including phenoxy) is 1. The monoisotopic (exact) mass is 439 g/mol. The van der Waals surface area contributed by atoms with Crippen molar-refractivity contribution in [2.75, 3.05) is 0 Å². The fraction of sp³-hybridized carbons (Fsp3) is 0.300. The highest BCUT2D eigenvalue weighted by Crippen LogP contribution is 2.34.